The Hall–Kier alpha value is -2.02. The van der Waals surface area contributed by atoms with E-state index in [0.717, 1.165) is 29.7 Å². The molecule has 1 atom stereocenters. The lowest BCUT2D eigenvalue weighted by Crippen LogP contribution is -2.45. The van der Waals surface area contributed by atoms with Crippen molar-refractivity contribution in [1.82, 2.24) is 14.9 Å². The number of nitrogens with zero attached hydrogens (tertiary/aromatic N) is 2. The zero-order valence-electron chi connectivity index (χ0n) is 14.1. The van der Waals surface area contributed by atoms with Crippen LogP contribution in [0.1, 0.15) is 37.6 Å². The molecule has 128 valence electrons. The summed E-state index contributed by atoms with van der Waals surface area (Å²) in [6.45, 7) is 5.09. The average Bonchev–Trinajstić information content (AvgIpc) is 3.07. The van der Waals surface area contributed by atoms with Gasteiger partial charge >= 0.3 is 0 Å². The number of nitrogens with one attached hydrogen (secondary N) is 1. The molecular weight excluding hydrogens is 326 g/mol. The molecule has 0 spiro atoms. The van der Waals surface area contributed by atoms with Crippen LogP contribution in [0.2, 0.25) is 0 Å². The number of rotatable bonds is 5. The van der Waals surface area contributed by atoms with Gasteiger partial charge in [-0.3, -0.25) is 19.0 Å². The van der Waals surface area contributed by atoms with Crippen molar-refractivity contribution >= 4 is 33.2 Å². The van der Waals surface area contributed by atoms with E-state index in [-0.39, 0.29) is 29.7 Å². The Kier molecular flexibility index (Phi) is 4.54. The minimum absolute atomic E-state index is 0.00363. The predicted octanol–water partition coefficient (Wildman–Crippen LogP) is 1.68. The van der Waals surface area contributed by atoms with Gasteiger partial charge in [0.25, 0.3) is 5.56 Å². The van der Waals surface area contributed by atoms with Crippen LogP contribution in [-0.4, -0.2) is 27.3 Å². The molecule has 3 rings (SSSR count). The van der Waals surface area contributed by atoms with Crippen molar-refractivity contribution in [3.63, 3.8) is 0 Å². The van der Waals surface area contributed by atoms with Crippen molar-refractivity contribution in [3.05, 3.63) is 27.1 Å². The van der Waals surface area contributed by atoms with Crippen molar-refractivity contribution < 1.29 is 9.59 Å². The fraction of sp³-hybridized carbons (Fsp3) is 0.529. The molecule has 1 amide bonds. The predicted molar refractivity (Wildman–Crippen MR) is 93.4 cm³/mol. The standard InChI is InChI=1S/C17H21N3O3S/c1-9(2)15(10(3)21)19-13(22)7-20-8-18-16-14(17(20)23)11-5-4-6-12(11)24-16/h8-9,15H,4-7H2,1-3H3,(H,19,22)/t15-/m0/s1. The highest BCUT2D eigenvalue weighted by molar-refractivity contribution is 7.18. The van der Waals surface area contributed by atoms with Crippen molar-refractivity contribution in [3.8, 4) is 0 Å². The minimum atomic E-state index is -0.532. The molecule has 2 aromatic heterocycles. The lowest BCUT2D eigenvalue weighted by atomic mass is 10.0. The number of hydrogen-bond donors (Lipinski definition) is 1. The monoisotopic (exact) mass is 347 g/mol. The number of carbonyl (C=O) groups is 2. The first kappa shape index (κ1) is 16.8. The maximum Gasteiger partial charge on any atom is 0.262 e. The highest BCUT2D eigenvalue weighted by Gasteiger charge is 2.23. The van der Waals surface area contributed by atoms with Gasteiger partial charge in [0.05, 0.1) is 17.8 Å². The van der Waals surface area contributed by atoms with Crippen LogP contribution in [0.3, 0.4) is 0 Å². The van der Waals surface area contributed by atoms with E-state index in [2.05, 4.69) is 10.3 Å². The first-order valence-electron chi connectivity index (χ1n) is 8.18. The fourth-order valence-corrected chi connectivity index (χ4v) is 4.46. The molecule has 1 aliphatic rings. The Morgan fingerprint density at radius 3 is 2.79 bits per heavy atom. The van der Waals surface area contributed by atoms with Gasteiger partial charge in [0.15, 0.2) is 5.78 Å². The number of hydrogen-bond acceptors (Lipinski definition) is 5. The van der Waals surface area contributed by atoms with Crippen LogP contribution in [-0.2, 0) is 29.0 Å². The number of aromatic nitrogens is 2. The summed E-state index contributed by atoms with van der Waals surface area (Å²) >= 11 is 1.58. The van der Waals surface area contributed by atoms with Crippen molar-refractivity contribution in [2.75, 3.05) is 0 Å². The zero-order valence-corrected chi connectivity index (χ0v) is 14.9. The largest absolute Gasteiger partial charge is 0.344 e. The van der Waals surface area contributed by atoms with E-state index < -0.39 is 6.04 Å². The lowest BCUT2D eigenvalue weighted by Gasteiger charge is -2.19. The van der Waals surface area contributed by atoms with E-state index in [0.29, 0.717) is 5.39 Å². The maximum absolute atomic E-state index is 12.7. The van der Waals surface area contributed by atoms with Gasteiger partial charge in [-0.05, 0) is 37.7 Å². The molecule has 2 heterocycles. The van der Waals surface area contributed by atoms with Crippen LogP contribution in [0.15, 0.2) is 11.1 Å². The van der Waals surface area contributed by atoms with E-state index in [4.69, 9.17) is 0 Å². The van der Waals surface area contributed by atoms with Crippen molar-refractivity contribution in [2.45, 2.75) is 52.6 Å². The number of ketones is 1. The summed E-state index contributed by atoms with van der Waals surface area (Å²) in [4.78, 5) is 42.9. The number of Topliss-reactive ketones (excluding diaryl/α,β-unsaturated/α-hetero) is 1. The van der Waals surface area contributed by atoms with Gasteiger partial charge < -0.3 is 5.32 Å². The third-order valence-electron chi connectivity index (χ3n) is 4.43. The Balaban J connectivity index is 1.85. The smallest absolute Gasteiger partial charge is 0.262 e. The minimum Gasteiger partial charge on any atom is -0.344 e. The van der Waals surface area contributed by atoms with Crippen molar-refractivity contribution in [2.24, 2.45) is 5.92 Å². The van der Waals surface area contributed by atoms with Gasteiger partial charge in [-0.1, -0.05) is 13.8 Å². The third kappa shape index (κ3) is 3.00. The van der Waals surface area contributed by atoms with E-state index in [1.807, 2.05) is 13.8 Å². The second-order valence-corrected chi connectivity index (χ2v) is 7.70. The summed E-state index contributed by atoms with van der Waals surface area (Å²) in [7, 11) is 0. The fourth-order valence-electron chi connectivity index (χ4n) is 3.24. The summed E-state index contributed by atoms with van der Waals surface area (Å²) in [6, 6.07) is -0.532. The molecule has 0 radical (unpaired) electrons. The normalized spacial score (nSPS) is 14.8. The number of aryl methyl sites for hydroxylation is 2. The van der Waals surface area contributed by atoms with Crippen LogP contribution in [0.25, 0.3) is 10.2 Å². The number of fused-ring (bicyclic) bond motifs is 3. The van der Waals surface area contributed by atoms with Crippen LogP contribution in [0.5, 0.6) is 0 Å². The second-order valence-electron chi connectivity index (χ2n) is 6.61. The average molecular weight is 347 g/mol. The summed E-state index contributed by atoms with van der Waals surface area (Å²) in [6.07, 6.45) is 4.40. The molecule has 0 aromatic carbocycles. The summed E-state index contributed by atoms with van der Waals surface area (Å²) < 4.78 is 1.33. The number of thiophene rings is 1. The Labute approximate surface area is 143 Å². The van der Waals surface area contributed by atoms with Gasteiger partial charge in [0.2, 0.25) is 5.91 Å². The van der Waals surface area contributed by atoms with Gasteiger partial charge in [0.1, 0.15) is 11.4 Å². The molecule has 2 aromatic rings. The maximum atomic E-state index is 12.7. The van der Waals surface area contributed by atoms with Gasteiger partial charge in [-0.15, -0.1) is 11.3 Å². The van der Waals surface area contributed by atoms with E-state index in [9.17, 15) is 14.4 Å². The molecule has 0 saturated carbocycles. The molecule has 1 aliphatic carbocycles. The zero-order chi connectivity index (χ0) is 17.4. The molecule has 24 heavy (non-hydrogen) atoms. The SMILES string of the molecule is CC(=O)[C@@H](NC(=O)Cn1cnc2sc3c(c2c1=O)CCC3)C(C)C. The van der Waals surface area contributed by atoms with E-state index >= 15 is 0 Å². The van der Waals surface area contributed by atoms with Crippen LogP contribution in [0.4, 0.5) is 0 Å². The van der Waals surface area contributed by atoms with Crippen molar-refractivity contribution in [1.29, 1.82) is 0 Å². The van der Waals surface area contributed by atoms with E-state index in [1.54, 1.807) is 11.3 Å². The summed E-state index contributed by atoms with van der Waals surface area (Å²) in [5.74, 6) is -0.433. The highest BCUT2D eigenvalue weighted by Crippen LogP contribution is 2.34. The first-order valence-corrected chi connectivity index (χ1v) is 8.99. The number of carbonyl (C=O) groups excluding carboxylic acids is 2. The second kappa shape index (κ2) is 6.47. The molecule has 0 saturated heterocycles. The Morgan fingerprint density at radius 1 is 1.38 bits per heavy atom. The van der Waals surface area contributed by atoms with Gasteiger partial charge in [-0.25, -0.2) is 4.98 Å². The molecule has 7 heteroatoms. The molecule has 0 bridgehead atoms. The molecule has 1 N–H and O–H groups in total. The Morgan fingerprint density at radius 2 is 2.12 bits per heavy atom. The highest BCUT2D eigenvalue weighted by atomic mass is 32.1. The topological polar surface area (TPSA) is 81.1 Å². The lowest BCUT2D eigenvalue weighted by molar-refractivity contribution is -0.128. The summed E-state index contributed by atoms with van der Waals surface area (Å²) in [5.41, 5.74) is 0.935. The first-order chi connectivity index (χ1) is 11.4. The third-order valence-corrected chi connectivity index (χ3v) is 5.63. The number of amides is 1. The van der Waals surface area contributed by atoms with Gasteiger partial charge in [0, 0.05) is 4.88 Å². The van der Waals surface area contributed by atoms with Crippen LogP contribution < -0.4 is 10.9 Å². The van der Waals surface area contributed by atoms with Crippen LogP contribution >= 0.6 is 11.3 Å². The molecule has 0 fully saturated rings. The Bertz CT molecular complexity index is 866. The molecule has 6 nitrogen and oxygen atoms in total. The summed E-state index contributed by atoms with van der Waals surface area (Å²) in [5, 5.41) is 3.37. The molecule has 0 unspecified atom stereocenters. The quantitative estimate of drug-likeness (QED) is 0.892. The van der Waals surface area contributed by atoms with Crippen LogP contribution in [0, 0.1) is 5.92 Å². The van der Waals surface area contributed by atoms with E-state index in [1.165, 1.54) is 22.7 Å². The molecule has 0 aliphatic heterocycles. The van der Waals surface area contributed by atoms with Gasteiger partial charge in [-0.2, -0.15) is 0 Å². The molecular formula is C17H21N3O3S.